The molecule has 0 atom stereocenters. The van der Waals surface area contributed by atoms with Gasteiger partial charge in [0.2, 0.25) is 0 Å². The average molecular weight is 582 g/mol. The summed E-state index contributed by atoms with van der Waals surface area (Å²) in [5.74, 6) is 0. The molecule has 0 fully saturated rings. The van der Waals surface area contributed by atoms with E-state index in [4.69, 9.17) is 0 Å². The van der Waals surface area contributed by atoms with Crippen molar-refractivity contribution in [2.45, 2.75) is 12.8 Å². The fraction of sp³-hybridized carbons (Fsp3) is 0.0811. The van der Waals surface area contributed by atoms with Gasteiger partial charge in [-0.15, -0.1) is 0 Å². The van der Waals surface area contributed by atoms with Gasteiger partial charge in [0.05, 0.1) is 11.0 Å². The molecule has 2 nitrogen and oxygen atoms in total. The molecule has 0 saturated carbocycles. The first-order valence-corrected chi connectivity index (χ1v) is 14.6. The van der Waals surface area contributed by atoms with E-state index >= 15 is 0 Å². The van der Waals surface area contributed by atoms with Crippen molar-refractivity contribution >= 4 is 54.8 Å². The second-order valence-corrected chi connectivity index (χ2v) is 11.3. The van der Waals surface area contributed by atoms with Crippen LogP contribution in [0.15, 0.2) is 138 Å². The molecule has 1 aliphatic carbocycles. The van der Waals surface area contributed by atoms with Crippen molar-refractivity contribution in [3.8, 4) is 22.3 Å². The largest absolute Gasteiger partial charge is 0.345 e. The van der Waals surface area contributed by atoms with Gasteiger partial charge in [-0.3, -0.25) is 0 Å². The van der Waals surface area contributed by atoms with Crippen LogP contribution in [0.5, 0.6) is 0 Å². The molecule has 0 amide bonds. The third kappa shape index (κ3) is 4.47. The van der Waals surface area contributed by atoms with Crippen LogP contribution >= 0.6 is 15.9 Å². The lowest BCUT2D eigenvalue weighted by atomic mass is 10.00. The lowest BCUT2D eigenvalue weighted by Crippen LogP contribution is -2.08. The third-order valence-electron chi connectivity index (χ3n) is 7.91. The predicted octanol–water partition coefficient (Wildman–Crippen LogP) is 10.8. The number of fused-ring (bicyclic) bond motifs is 3. The molecule has 0 aliphatic heterocycles. The third-order valence-corrected chi connectivity index (χ3v) is 8.44. The molecule has 0 bridgehead atoms. The van der Waals surface area contributed by atoms with Crippen molar-refractivity contribution in [3.05, 3.63) is 138 Å². The van der Waals surface area contributed by atoms with Crippen molar-refractivity contribution in [1.82, 2.24) is 4.57 Å². The highest BCUT2D eigenvalue weighted by molar-refractivity contribution is 9.10. The van der Waals surface area contributed by atoms with E-state index in [0.29, 0.717) is 0 Å². The van der Waals surface area contributed by atoms with Gasteiger partial charge in [-0.25, -0.2) is 0 Å². The van der Waals surface area contributed by atoms with Gasteiger partial charge in [0.25, 0.3) is 0 Å². The Morgan fingerprint density at radius 1 is 0.600 bits per heavy atom. The number of allylic oxidation sites excluding steroid dienone is 4. The molecule has 7 rings (SSSR count). The lowest BCUT2D eigenvalue weighted by molar-refractivity contribution is 1.02. The zero-order chi connectivity index (χ0) is 27.1. The number of rotatable bonds is 5. The number of halogens is 1. The van der Waals surface area contributed by atoms with E-state index in [0.717, 1.165) is 17.3 Å². The minimum absolute atomic E-state index is 1.08. The molecule has 0 radical (unpaired) electrons. The van der Waals surface area contributed by atoms with Crippen LogP contribution in [0.4, 0.5) is 11.4 Å². The van der Waals surface area contributed by atoms with Gasteiger partial charge in [0.15, 0.2) is 0 Å². The molecular formula is C37H29BrN2. The summed E-state index contributed by atoms with van der Waals surface area (Å²) in [5.41, 5.74) is 11.0. The Hall–Kier alpha value is -4.34. The normalized spacial score (nSPS) is 13.1. The van der Waals surface area contributed by atoms with E-state index in [1.807, 2.05) is 0 Å². The standard InChI is InChI=1S/C37H29BrN2/c1-39(31-8-4-2-5-9-31)32-20-14-27(15-21-32)29-17-23-37-35(25-29)34-24-28(26-12-18-30(38)19-13-26)16-22-36(34)40(37)33-10-6-3-7-11-33/h2,4-6,8-25H,3,7H2,1H3. The van der Waals surface area contributed by atoms with Crippen LogP contribution in [-0.4, -0.2) is 11.6 Å². The summed E-state index contributed by atoms with van der Waals surface area (Å²) in [5, 5.41) is 2.55. The van der Waals surface area contributed by atoms with E-state index in [1.165, 1.54) is 61.1 Å². The van der Waals surface area contributed by atoms with Gasteiger partial charge >= 0.3 is 0 Å². The minimum Gasteiger partial charge on any atom is -0.345 e. The highest BCUT2D eigenvalue weighted by atomic mass is 79.9. The number of benzene rings is 5. The van der Waals surface area contributed by atoms with E-state index in [2.05, 4.69) is 166 Å². The predicted molar refractivity (Wildman–Crippen MR) is 175 cm³/mol. The quantitative estimate of drug-likeness (QED) is 0.197. The Morgan fingerprint density at radius 2 is 1.15 bits per heavy atom. The smallest absolute Gasteiger partial charge is 0.0541 e. The van der Waals surface area contributed by atoms with E-state index in [9.17, 15) is 0 Å². The van der Waals surface area contributed by atoms with Gasteiger partial charge in [0.1, 0.15) is 0 Å². The topological polar surface area (TPSA) is 8.17 Å². The lowest BCUT2D eigenvalue weighted by Gasteiger charge is -2.19. The van der Waals surface area contributed by atoms with Gasteiger partial charge in [-0.2, -0.15) is 0 Å². The molecule has 1 aliphatic rings. The van der Waals surface area contributed by atoms with Gasteiger partial charge in [0, 0.05) is 39.4 Å². The summed E-state index contributed by atoms with van der Waals surface area (Å²) in [4.78, 5) is 2.22. The highest BCUT2D eigenvalue weighted by Crippen LogP contribution is 2.38. The van der Waals surface area contributed by atoms with E-state index < -0.39 is 0 Å². The molecule has 0 unspecified atom stereocenters. The number of hydrogen-bond donors (Lipinski definition) is 0. The summed E-state index contributed by atoms with van der Waals surface area (Å²) in [6.07, 6.45) is 9.09. The van der Waals surface area contributed by atoms with Crippen LogP contribution in [0, 0.1) is 0 Å². The minimum atomic E-state index is 1.08. The van der Waals surface area contributed by atoms with Crippen LogP contribution in [0.1, 0.15) is 12.8 Å². The molecule has 3 heteroatoms. The Balaban J connectivity index is 1.35. The SMILES string of the molecule is CN(c1ccccc1)c1ccc(-c2ccc3c(c2)c2cc(-c4ccc(Br)cc4)ccc2n3C2=CCCC=C2)cc1. The number of para-hydroxylation sites is 1. The Morgan fingerprint density at radius 3 is 1.73 bits per heavy atom. The van der Waals surface area contributed by atoms with Crippen LogP contribution in [0.25, 0.3) is 49.8 Å². The second kappa shape index (κ2) is 10.3. The van der Waals surface area contributed by atoms with E-state index in [1.54, 1.807) is 0 Å². The van der Waals surface area contributed by atoms with Crippen LogP contribution in [0.3, 0.4) is 0 Å². The summed E-state index contributed by atoms with van der Waals surface area (Å²) < 4.78 is 3.52. The fourth-order valence-electron chi connectivity index (χ4n) is 5.75. The molecule has 5 aromatic carbocycles. The first-order chi connectivity index (χ1) is 19.7. The molecular weight excluding hydrogens is 552 g/mol. The summed E-state index contributed by atoms with van der Waals surface area (Å²) in [7, 11) is 2.11. The van der Waals surface area contributed by atoms with Gasteiger partial charge in [-0.05, 0) is 102 Å². The van der Waals surface area contributed by atoms with Gasteiger partial charge in [-0.1, -0.05) is 82.7 Å². The van der Waals surface area contributed by atoms with Crippen LogP contribution < -0.4 is 4.90 Å². The maximum absolute atomic E-state index is 3.57. The molecule has 1 aromatic heterocycles. The average Bonchev–Trinajstić information content (AvgIpc) is 3.35. The second-order valence-electron chi connectivity index (χ2n) is 10.4. The first kappa shape index (κ1) is 24.7. The summed E-state index contributed by atoms with van der Waals surface area (Å²) in [6.45, 7) is 0. The zero-order valence-electron chi connectivity index (χ0n) is 22.4. The Kier molecular flexibility index (Phi) is 6.37. The van der Waals surface area contributed by atoms with Crippen LogP contribution in [0.2, 0.25) is 0 Å². The molecule has 6 aromatic rings. The summed E-state index contributed by atoms with van der Waals surface area (Å²) in [6, 6.07) is 41.7. The van der Waals surface area contributed by atoms with Crippen molar-refractivity contribution in [2.24, 2.45) is 0 Å². The highest BCUT2D eigenvalue weighted by Gasteiger charge is 2.16. The number of nitrogens with zero attached hydrogens (tertiary/aromatic N) is 2. The Bertz CT molecular complexity index is 1890. The van der Waals surface area contributed by atoms with Crippen LogP contribution in [-0.2, 0) is 0 Å². The fourth-order valence-corrected chi connectivity index (χ4v) is 6.01. The van der Waals surface area contributed by atoms with Crippen molar-refractivity contribution in [1.29, 1.82) is 0 Å². The number of anilines is 2. The summed E-state index contributed by atoms with van der Waals surface area (Å²) >= 11 is 3.57. The van der Waals surface area contributed by atoms with E-state index in [-0.39, 0.29) is 0 Å². The zero-order valence-corrected chi connectivity index (χ0v) is 24.0. The molecule has 0 saturated heterocycles. The Labute approximate surface area is 243 Å². The maximum atomic E-state index is 3.57. The molecule has 1 heterocycles. The number of hydrogen-bond acceptors (Lipinski definition) is 1. The van der Waals surface area contributed by atoms with Gasteiger partial charge < -0.3 is 9.47 Å². The molecule has 0 spiro atoms. The molecule has 40 heavy (non-hydrogen) atoms. The van der Waals surface area contributed by atoms with Crippen molar-refractivity contribution in [3.63, 3.8) is 0 Å². The number of aromatic nitrogens is 1. The monoisotopic (exact) mass is 580 g/mol. The van der Waals surface area contributed by atoms with Crippen molar-refractivity contribution < 1.29 is 0 Å². The van der Waals surface area contributed by atoms with Crippen molar-refractivity contribution in [2.75, 3.05) is 11.9 Å². The molecule has 0 N–H and O–H groups in total. The molecule has 194 valence electrons. The maximum Gasteiger partial charge on any atom is 0.0541 e. The first-order valence-electron chi connectivity index (χ1n) is 13.8.